The molecule has 1 heterocycles. The van der Waals surface area contributed by atoms with E-state index in [1.165, 1.54) is 0 Å². The molecule has 3 N–H and O–H groups in total. The minimum Gasteiger partial charge on any atom is -0.508 e. The number of aromatic hydroxyl groups is 1. The van der Waals surface area contributed by atoms with Gasteiger partial charge in [-0.15, -0.1) is 5.10 Å². The molecule has 0 fully saturated rings. The Kier molecular flexibility index (Phi) is 2.64. The highest BCUT2D eigenvalue weighted by Gasteiger charge is 2.04. The average Bonchev–Trinajstić information content (AvgIpc) is 2.68. The summed E-state index contributed by atoms with van der Waals surface area (Å²) in [5.74, 6) is 0.235. The van der Waals surface area contributed by atoms with Gasteiger partial charge in [0.2, 0.25) is 0 Å². The van der Waals surface area contributed by atoms with Crippen molar-refractivity contribution < 1.29 is 5.11 Å². The number of rotatable bonds is 3. The van der Waals surface area contributed by atoms with Crippen molar-refractivity contribution in [2.24, 2.45) is 5.73 Å². The summed E-state index contributed by atoms with van der Waals surface area (Å²) in [5, 5.41) is 17.0. The van der Waals surface area contributed by atoms with Crippen molar-refractivity contribution in [3.63, 3.8) is 0 Å². The van der Waals surface area contributed by atoms with Gasteiger partial charge in [-0.3, -0.25) is 0 Å². The number of nitrogens with zero attached hydrogens (tertiary/aromatic N) is 3. The number of nitrogens with two attached hydrogens (primary N) is 1. The molecule has 0 unspecified atom stereocenters. The normalized spacial score (nSPS) is 10.5. The first-order valence-electron chi connectivity index (χ1n) is 4.70. The maximum absolute atomic E-state index is 9.16. The third-order valence-electron chi connectivity index (χ3n) is 2.11. The molecule has 0 radical (unpaired) electrons. The topological polar surface area (TPSA) is 77.0 Å². The van der Waals surface area contributed by atoms with Crippen molar-refractivity contribution in [2.45, 2.75) is 6.42 Å². The molecule has 1 aromatic carbocycles. The first-order valence-corrected chi connectivity index (χ1v) is 4.70. The van der Waals surface area contributed by atoms with Crippen molar-refractivity contribution in [2.75, 3.05) is 6.54 Å². The van der Waals surface area contributed by atoms with Crippen molar-refractivity contribution in [3.8, 4) is 11.4 Å². The van der Waals surface area contributed by atoms with Gasteiger partial charge >= 0.3 is 0 Å². The maximum Gasteiger partial charge on any atom is 0.115 e. The van der Waals surface area contributed by atoms with E-state index in [1.54, 1.807) is 35.1 Å². The lowest BCUT2D eigenvalue weighted by Crippen LogP contribution is -2.08. The van der Waals surface area contributed by atoms with Crippen molar-refractivity contribution in [1.29, 1.82) is 0 Å². The first-order chi connectivity index (χ1) is 7.31. The number of hydrogen-bond donors (Lipinski definition) is 2. The summed E-state index contributed by atoms with van der Waals surface area (Å²) in [7, 11) is 0. The second-order valence-electron chi connectivity index (χ2n) is 3.19. The second-order valence-corrected chi connectivity index (χ2v) is 3.19. The van der Waals surface area contributed by atoms with Gasteiger partial charge in [-0.2, -0.15) is 0 Å². The highest BCUT2D eigenvalue weighted by molar-refractivity contribution is 5.36. The lowest BCUT2D eigenvalue weighted by atomic mass is 10.2. The molecule has 0 saturated heterocycles. The van der Waals surface area contributed by atoms with Gasteiger partial charge in [-0.25, -0.2) is 4.68 Å². The molecular formula is C10H12N4O. The number of hydrogen-bond acceptors (Lipinski definition) is 4. The van der Waals surface area contributed by atoms with Crippen LogP contribution in [0.2, 0.25) is 0 Å². The summed E-state index contributed by atoms with van der Waals surface area (Å²) in [4.78, 5) is 0. The molecule has 0 aliphatic rings. The van der Waals surface area contributed by atoms with Crippen LogP contribution in [0.4, 0.5) is 0 Å². The third-order valence-corrected chi connectivity index (χ3v) is 2.11. The van der Waals surface area contributed by atoms with Gasteiger partial charge in [-0.05, 0) is 30.8 Å². The molecule has 0 spiro atoms. The van der Waals surface area contributed by atoms with Crippen LogP contribution in [0.3, 0.4) is 0 Å². The largest absolute Gasteiger partial charge is 0.508 e. The Morgan fingerprint density at radius 2 is 2.00 bits per heavy atom. The van der Waals surface area contributed by atoms with E-state index in [1.807, 2.05) is 0 Å². The molecule has 78 valence electrons. The Morgan fingerprint density at radius 1 is 1.27 bits per heavy atom. The van der Waals surface area contributed by atoms with Crippen molar-refractivity contribution >= 4 is 0 Å². The number of benzene rings is 1. The highest BCUT2D eigenvalue weighted by Crippen LogP contribution is 2.14. The van der Waals surface area contributed by atoms with E-state index in [4.69, 9.17) is 10.8 Å². The smallest absolute Gasteiger partial charge is 0.115 e. The summed E-state index contributed by atoms with van der Waals surface area (Å²) >= 11 is 0. The van der Waals surface area contributed by atoms with Crippen LogP contribution in [0, 0.1) is 0 Å². The quantitative estimate of drug-likeness (QED) is 0.762. The van der Waals surface area contributed by atoms with Gasteiger partial charge in [0.15, 0.2) is 0 Å². The Labute approximate surface area is 87.1 Å². The maximum atomic E-state index is 9.16. The molecule has 0 amide bonds. The fraction of sp³-hybridized carbons (Fsp3) is 0.200. The van der Waals surface area contributed by atoms with Crippen LogP contribution in [0.25, 0.3) is 5.69 Å². The molecular weight excluding hydrogens is 192 g/mol. The first kappa shape index (κ1) is 9.67. The Hall–Kier alpha value is -1.88. The van der Waals surface area contributed by atoms with E-state index >= 15 is 0 Å². The molecule has 1 aromatic heterocycles. The molecule has 0 bridgehead atoms. The van der Waals surface area contributed by atoms with Crippen LogP contribution >= 0.6 is 0 Å². The zero-order valence-corrected chi connectivity index (χ0v) is 8.17. The van der Waals surface area contributed by atoms with Gasteiger partial charge in [0, 0.05) is 6.42 Å². The highest BCUT2D eigenvalue weighted by atomic mass is 16.3. The summed E-state index contributed by atoms with van der Waals surface area (Å²) in [6.07, 6.45) is 2.42. The summed E-state index contributed by atoms with van der Waals surface area (Å²) in [6, 6.07) is 6.79. The van der Waals surface area contributed by atoms with Crippen molar-refractivity contribution in [3.05, 3.63) is 36.2 Å². The molecule has 0 atom stereocenters. The van der Waals surface area contributed by atoms with Gasteiger partial charge in [0.1, 0.15) is 5.75 Å². The molecule has 0 saturated carbocycles. The number of aromatic nitrogens is 3. The molecule has 5 heteroatoms. The minimum absolute atomic E-state index is 0.235. The van der Waals surface area contributed by atoms with Crippen LogP contribution in [0.15, 0.2) is 30.5 Å². The standard InChI is InChI=1S/C10H12N4O/c11-6-5-9-7-12-13-14(9)8-1-3-10(15)4-2-8/h1-4,7,15H,5-6,11H2. The van der Waals surface area contributed by atoms with Crippen LogP contribution in [-0.4, -0.2) is 26.6 Å². The van der Waals surface area contributed by atoms with Crippen LogP contribution in [0.5, 0.6) is 5.75 Å². The molecule has 2 aromatic rings. The Balaban J connectivity index is 2.36. The molecule has 0 aliphatic carbocycles. The van der Waals surface area contributed by atoms with E-state index in [0.717, 1.165) is 17.8 Å². The van der Waals surface area contributed by atoms with Crippen molar-refractivity contribution in [1.82, 2.24) is 15.0 Å². The predicted molar refractivity (Wildman–Crippen MR) is 55.8 cm³/mol. The fourth-order valence-corrected chi connectivity index (χ4v) is 1.39. The van der Waals surface area contributed by atoms with E-state index < -0.39 is 0 Å². The molecule has 2 rings (SSSR count). The Morgan fingerprint density at radius 3 is 2.67 bits per heavy atom. The predicted octanol–water partition coefficient (Wildman–Crippen LogP) is 0.474. The zero-order chi connectivity index (χ0) is 10.7. The SMILES string of the molecule is NCCc1cnnn1-c1ccc(O)cc1. The van der Waals surface area contributed by atoms with E-state index in [9.17, 15) is 0 Å². The fourth-order valence-electron chi connectivity index (χ4n) is 1.39. The minimum atomic E-state index is 0.235. The lowest BCUT2D eigenvalue weighted by molar-refractivity contribution is 0.475. The summed E-state index contributed by atoms with van der Waals surface area (Å²) in [6.45, 7) is 0.561. The zero-order valence-electron chi connectivity index (χ0n) is 8.17. The van der Waals surface area contributed by atoms with Gasteiger partial charge in [0.25, 0.3) is 0 Å². The second kappa shape index (κ2) is 4.10. The third kappa shape index (κ3) is 1.97. The van der Waals surface area contributed by atoms with Crippen LogP contribution in [-0.2, 0) is 6.42 Å². The van der Waals surface area contributed by atoms with E-state index in [0.29, 0.717) is 6.54 Å². The van der Waals surface area contributed by atoms with E-state index in [-0.39, 0.29) is 5.75 Å². The number of phenols is 1. The van der Waals surface area contributed by atoms with Crippen LogP contribution in [0.1, 0.15) is 5.69 Å². The molecule has 5 nitrogen and oxygen atoms in total. The Bertz CT molecular complexity index is 435. The molecule has 0 aliphatic heterocycles. The van der Waals surface area contributed by atoms with Gasteiger partial charge in [-0.1, -0.05) is 5.21 Å². The monoisotopic (exact) mass is 204 g/mol. The van der Waals surface area contributed by atoms with Crippen LogP contribution < -0.4 is 5.73 Å². The number of phenolic OH excluding ortho intramolecular Hbond substituents is 1. The summed E-state index contributed by atoms with van der Waals surface area (Å²) in [5.41, 5.74) is 7.31. The molecule has 15 heavy (non-hydrogen) atoms. The lowest BCUT2D eigenvalue weighted by Gasteiger charge is -2.04. The van der Waals surface area contributed by atoms with Gasteiger partial charge < -0.3 is 10.8 Å². The summed E-state index contributed by atoms with van der Waals surface area (Å²) < 4.78 is 1.71. The van der Waals surface area contributed by atoms with E-state index in [2.05, 4.69) is 10.3 Å². The van der Waals surface area contributed by atoms with Gasteiger partial charge in [0.05, 0.1) is 17.6 Å². The average molecular weight is 204 g/mol.